The van der Waals surface area contributed by atoms with Crippen LogP contribution in [0.1, 0.15) is 48.5 Å². The van der Waals surface area contributed by atoms with Crippen molar-refractivity contribution in [2.24, 2.45) is 5.92 Å². The Morgan fingerprint density at radius 3 is 3.05 bits per heavy atom. The van der Waals surface area contributed by atoms with E-state index in [1.54, 1.807) is 12.1 Å². The van der Waals surface area contributed by atoms with Crippen molar-refractivity contribution in [1.29, 1.82) is 0 Å². The van der Waals surface area contributed by atoms with Gasteiger partial charge >= 0.3 is 0 Å². The molecule has 0 aromatic heterocycles. The molecule has 1 amide bonds. The lowest BCUT2D eigenvalue weighted by Gasteiger charge is -2.35. The molecule has 110 valence electrons. The number of benzene rings is 1. The van der Waals surface area contributed by atoms with Crippen LogP contribution in [0, 0.1) is 5.92 Å². The van der Waals surface area contributed by atoms with Crippen molar-refractivity contribution in [2.75, 3.05) is 6.54 Å². The Morgan fingerprint density at radius 1 is 1.55 bits per heavy atom. The first-order valence-electron chi connectivity index (χ1n) is 7.18. The number of hydrogen-bond donors (Lipinski definition) is 2. The summed E-state index contributed by atoms with van der Waals surface area (Å²) in [6, 6.07) is 7.26. The number of carbonyl (C=O) groups excluding carboxylic acids is 1. The average Bonchev–Trinajstić information content (AvgIpc) is 2.44. The lowest BCUT2D eigenvalue weighted by molar-refractivity contribution is -0.0109. The zero-order valence-corrected chi connectivity index (χ0v) is 12.6. The molecule has 1 fully saturated rings. The Labute approximate surface area is 125 Å². The fourth-order valence-electron chi connectivity index (χ4n) is 2.94. The second-order valence-electron chi connectivity index (χ2n) is 5.94. The number of aliphatic hydroxyl groups is 1. The molecule has 0 heterocycles. The number of hydrogen-bond acceptors (Lipinski definition) is 2. The van der Waals surface area contributed by atoms with Gasteiger partial charge in [-0.3, -0.25) is 4.79 Å². The van der Waals surface area contributed by atoms with Crippen molar-refractivity contribution in [3.63, 3.8) is 0 Å². The number of halogens is 1. The van der Waals surface area contributed by atoms with Crippen molar-refractivity contribution >= 4 is 17.5 Å². The van der Waals surface area contributed by atoms with Crippen LogP contribution in [0.15, 0.2) is 24.3 Å². The van der Waals surface area contributed by atoms with Crippen molar-refractivity contribution in [2.45, 2.75) is 44.1 Å². The molecular formula is C16H22ClNO2. The first-order valence-corrected chi connectivity index (χ1v) is 7.71. The number of alkyl halides is 1. The number of nitrogens with one attached hydrogen (secondary N) is 1. The quantitative estimate of drug-likeness (QED) is 0.839. The maximum Gasteiger partial charge on any atom is 0.251 e. The van der Waals surface area contributed by atoms with Gasteiger partial charge in [0.2, 0.25) is 0 Å². The van der Waals surface area contributed by atoms with E-state index < -0.39 is 5.60 Å². The molecule has 3 nitrogen and oxygen atoms in total. The van der Waals surface area contributed by atoms with Crippen LogP contribution in [0.4, 0.5) is 0 Å². The molecule has 0 saturated heterocycles. The molecule has 20 heavy (non-hydrogen) atoms. The summed E-state index contributed by atoms with van der Waals surface area (Å²) in [5.41, 5.74) is 0.761. The minimum atomic E-state index is -0.753. The lowest BCUT2D eigenvalue weighted by atomic mass is 9.79. The van der Waals surface area contributed by atoms with Crippen LogP contribution < -0.4 is 5.32 Å². The van der Waals surface area contributed by atoms with Gasteiger partial charge < -0.3 is 10.4 Å². The highest BCUT2D eigenvalue weighted by Crippen LogP contribution is 2.31. The second-order valence-corrected chi connectivity index (χ2v) is 6.21. The van der Waals surface area contributed by atoms with Gasteiger partial charge in [-0.25, -0.2) is 0 Å². The highest BCUT2D eigenvalue weighted by molar-refractivity contribution is 6.17. The molecular weight excluding hydrogens is 274 g/mol. The zero-order chi connectivity index (χ0) is 14.6. The Bertz CT molecular complexity index is 477. The Morgan fingerprint density at radius 2 is 2.35 bits per heavy atom. The van der Waals surface area contributed by atoms with Crippen LogP contribution in [-0.2, 0) is 5.88 Å². The summed E-state index contributed by atoms with van der Waals surface area (Å²) in [5.74, 6) is 0.761. The van der Waals surface area contributed by atoms with Crippen molar-refractivity contribution in [3.8, 4) is 0 Å². The normalized spacial score (nSPS) is 26.2. The van der Waals surface area contributed by atoms with Gasteiger partial charge in [0.05, 0.1) is 5.60 Å². The van der Waals surface area contributed by atoms with Crippen LogP contribution in [0.2, 0.25) is 0 Å². The van der Waals surface area contributed by atoms with Gasteiger partial charge in [-0.15, -0.1) is 11.6 Å². The minimum Gasteiger partial charge on any atom is -0.388 e. The van der Waals surface area contributed by atoms with Gasteiger partial charge in [0.1, 0.15) is 0 Å². The summed E-state index contributed by atoms with van der Waals surface area (Å²) in [7, 11) is 0. The van der Waals surface area contributed by atoms with Crippen molar-refractivity contribution in [3.05, 3.63) is 35.4 Å². The highest BCUT2D eigenvalue weighted by Gasteiger charge is 2.32. The maximum absolute atomic E-state index is 12.1. The van der Waals surface area contributed by atoms with E-state index in [4.69, 9.17) is 11.6 Å². The molecule has 2 atom stereocenters. The third kappa shape index (κ3) is 3.97. The van der Waals surface area contributed by atoms with Crippen LogP contribution in [-0.4, -0.2) is 23.2 Å². The first-order chi connectivity index (χ1) is 9.52. The average molecular weight is 296 g/mol. The highest BCUT2D eigenvalue weighted by atomic mass is 35.5. The molecule has 1 aromatic carbocycles. The van der Waals surface area contributed by atoms with Crippen molar-refractivity contribution < 1.29 is 9.90 Å². The van der Waals surface area contributed by atoms with Crippen LogP contribution in [0.25, 0.3) is 0 Å². The molecule has 4 heteroatoms. The molecule has 1 aliphatic rings. The summed E-state index contributed by atoms with van der Waals surface area (Å²) >= 11 is 5.77. The van der Waals surface area contributed by atoms with Gasteiger partial charge in [0.15, 0.2) is 0 Å². The van der Waals surface area contributed by atoms with E-state index in [1.165, 1.54) is 0 Å². The molecule has 2 N–H and O–H groups in total. The molecule has 0 bridgehead atoms. The standard InChI is InChI=1S/C16H22ClNO2/c1-12-4-3-7-16(20,9-12)11-18-15(19)14-6-2-5-13(8-14)10-17/h2,5-6,8,12,20H,3-4,7,9-11H2,1H3,(H,18,19). The number of carbonyl (C=O) groups is 1. The molecule has 2 unspecified atom stereocenters. The minimum absolute atomic E-state index is 0.149. The molecule has 0 spiro atoms. The Hall–Kier alpha value is -1.06. The summed E-state index contributed by atoms with van der Waals surface area (Å²) in [4.78, 5) is 12.1. The molecule has 0 aliphatic heterocycles. The molecule has 0 radical (unpaired) electrons. The molecule has 1 aromatic rings. The summed E-state index contributed by atoms with van der Waals surface area (Å²) < 4.78 is 0. The largest absolute Gasteiger partial charge is 0.388 e. The fourth-order valence-corrected chi connectivity index (χ4v) is 3.10. The topological polar surface area (TPSA) is 49.3 Å². The van der Waals surface area contributed by atoms with Gasteiger partial charge in [-0.05, 0) is 36.5 Å². The fraction of sp³-hybridized carbons (Fsp3) is 0.562. The molecule has 1 aliphatic carbocycles. The van der Waals surface area contributed by atoms with Crippen LogP contribution >= 0.6 is 11.6 Å². The SMILES string of the molecule is CC1CCCC(O)(CNC(=O)c2cccc(CCl)c2)C1. The maximum atomic E-state index is 12.1. The smallest absolute Gasteiger partial charge is 0.251 e. The molecule has 1 saturated carbocycles. The van der Waals surface area contributed by atoms with Crippen LogP contribution in [0.5, 0.6) is 0 Å². The van der Waals surface area contributed by atoms with Crippen LogP contribution in [0.3, 0.4) is 0 Å². The third-order valence-corrected chi connectivity index (χ3v) is 4.30. The Kier molecular flexibility index (Phi) is 5.06. The first kappa shape index (κ1) is 15.3. The van der Waals surface area contributed by atoms with Crippen molar-refractivity contribution in [1.82, 2.24) is 5.32 Å². The lowest BCUT2D eigenvalue weighted by Crippen LogP contribution is -2.45. The second kappa shape index (κ2) is 6.59. The van der Waals surface area contributed by atoms with E-state index >= 15 is 0 Å². The van der Waals surface area contributed by atoms with E-state index in [0.717, 1.165) is 31.2 Å². The van der Waals surface area contributed by atoms with Gasteiger partial charge in [0.25, 0.3) is 5.91 Å². The predicted molar refractivity (Wildman–Crippen MR) is 80.9 cm³/mol. The third-order valence-electron chi connectivity index (χ3n) is 3.99. The summed E-state index contributed by atoms with van der Waals surface area (Å²) in [5, 5.41) is 13.4. The zero-order valence-electron chi connectivity index (χ0n) is 11.9. The van der Waals surface area contributed by atoms with Gasteiger partial charge in [-0.1, -0.05) is 31.9 Å². The van der Waals surface area contributed by atoms with E-state index in [9.17, 15) is 9.90 Å². The van der Waals surface area contributed by atoms with Gasteiger partial charge in [0, 0.05) is 18.0 Å². The number of amides is 1. The van der Waals surface area contributed by atoms with Gasteiger partial charge in [-0.2, -0.15) is 0 Å². The summed E-state index contributed by atoms with van der Waals surface area (Å²) in [6.45, 7) is 2.47. The Balaban J connectivity index is 1.94. The number of rotatable bonds is 4. The summed E-state index contributed by atoms with van der Waals surface area (Å²) in [6.07, 6.45) is 3.71. The van der Waals surface area contributed by atoms with E-state index in [0.29, 0.717) is 23.9 Å². The predicted octanol–water partition coefficient (Wildman–Crippen LogP) is 3.10. The molecule has 2 rings (SSSR count). The van der Waals surface area contributed by atoms with E-state index in [2.05, 4.69) is 12.2 Å². The van der Waals surface area contributed by atoms with E-state index in [-0.39, 0.29) is 5.91 Å². The van der Waals surface area contributed by atoms with E-state index in [1.807, 2.05) is 12.1 Å². The monoisotopic (exact) mass is 295 g/mol.